The van der Waals surface area contributed by atoms with E-state index in [4.69, 9.17) is 4.74 Å². The second kappa shape index (κ2) is 5.82. The van der Waals surface area contributed by atoms with Gasteiger partial charge < -0.3 is 19.3 Å². The highest BCUT2D eigenvalue weighted by molar-refractivity contribution is 5.59. The van der Waals surface area contributed by atoms with Crippen LogP contribution in [0.2, 0.25) is 0 Å². The average Bonchev–Trinajstić information content (AvgIpc) is 2.67. The third kappa shape index (κ3) is 3.51. The molecule has 5 heteroatoms. The van der Waals surface area contributed by atoms with E-state index in [1.165, 1.54) is 0 Å². The van der Waals surface area contributed by atoms with Crippen molar-refractivity contribution in [1.29, 1.82) is 0 Å². The summed E-state index contributed by atoms with van der Waals surface area (Å²) in [5, 5.41) is 9.37. The van der Waals surface area contributed by atoms with Crippen LogP contribution in [0.15, 0.2) is 0 Å². The third-order valence-electron chi connectivity index (χ3n) is 1.92. The summed E-state index contributed by atoms with van der Waals surface area (Å²) >= 11 is 0. The van der Waals surface area contributed by atoms with Crippen molar-refractivity contribution in [2.24, 2.45) is 0 Å². The molecule has 1 aliphatic rings. The van der Waals surface area contributed by atoms with Gasteiger partial charge in [0.15, 0.2) is 0 Å². The van der Waals surface area contributed by atoms with Crippen LogP contribution in [-0.4, -0.2) is 36.9 Å². The number of ether oxygens (including phenoxy) is 3. The number of rotatable bonds is 4. The van der Waals surface area contributed by atoms with E-state index in [1.54, 1.807) is 0 Å². The van der Waals surface area contributed by atoms with Crippen molar-refractivity contribution in [3.05, 3.63) is 0 Å². The Hall–Kier alpha value is -0.810. The van der Waals surface area contributed by atoms with E-state index in [-0.39, 0.29) is 0 Å². The molecule has 1 heterocycles. The smallest absolute Gasteiger partial charge is 0.434 e. The van der Waals surface area contributed by atoms with Crippen molar-refractivity contribution >= 4 is 6.16 Å². The molecule has 1 saturated heterocycles. The van der Waals surface area contributed by atoms with Gasteiger partial charge in [-0.1, -0.05) is 6.92 Å². The van der Waals surface area contributed by atoms with Gasteiger partial charge in [-0.05, 0) is 19.3 Å². The summed E-state index contributed by atoms with van der Waals surface area (Å²) in [4.78, 5) is 10.9. The molecule has 0 aliphatic carbocycles. The molecule has 0 saturated carbocycles. The lowest BCUT2D eigenvalue weighted by Crippen LogP contribution is -2.30. The van der Waals surface area contributed by atoms with E-state index in [1.807, 2.05) is 6.92 Å². The van der Waals surface area contributed by atoms with Crippen molar-refractivity contribution < 1.29 is 24.1 Å². The summed E-state index contributed by atoms with van der Waals surface area (Å²) in [6, 6.07) is 0. The first-order chi connectivity index (χ1) is 6.74. The number of carbonyl (C=O) groups is 1. The molecule has 1 fully saturated rings. The number of aliphatic hydroxyl groups is 1. The van der Waals surface area contributed by atoms with Gasteiger partial charge in [0.05, 0.1) is 6.61 Å². The first kappa shape index (κ1) is 11.3. The Balaban J connectivity index is 2.18. The van der Waals surface area contributed by atoms with E-state index in [0.717, 1.165) is 12.8 Å². The monoisotopic (exact) mass is 204 g/mol. The Bertz CT molecular complexity index is 176. The van der Waals surface area contributed by atoms with Crippen LogP contribution in [0.25, 0.3) is 0 Å². The highest BCUT2D eigenvalue weighted by Crippen LogP contribution is 2.16. The molecule has 1 rings (SSSR count). The highest BCUT2D eigenvalue weighted by atomic mass is 16.8. The summed E-state index contributed by atoms with van der Waals surface area (Å²) in [7, 11) is 0. The average molecular weight is 204 g/mol. The predicted octanol–water partition coefficient (Wildman–Crippen LogP) is 1.05. The molecule has 1 N–H and O–H groups in total. The fourth-order valence-electron chi connectivity index (χ4n) is 1.22. The summed E-state index contributed by atoms with van der Waals surface area (Å²) in [5.74, 6) is 0. The molecule has 14 heavy (non-hydrogen) atoms. The maximum absolute atomic E-state index is 10.9. The van der Waals surface area contributed by atoms with E-state index < -0.39 is 18.5 Å². The lowest BCUT2D eigenvalue weighted by molar-refractivity contribution is -0.144. The molecule has 2 atom stereocenters. The first-order valence-corrected chi connectivity index (χ1v) is 4.87. The zero-order valence-corrected chi connectivity index (χ0v) is 8.27. The molecule has 0 amide bonds. The molecule has 0 bridgehead atoms. The van der Waals surface area contributed by atoms with Gasteiger partial charge >= 0.3 is 6.16 Å². The van der Waals surface area contributed by atoms with Crippen LogP contribution >= 0.6 is 0 Å². The van der Waals surface area contributed by atoms with Gasteiger partial charge in [0.25, 0.3) is 0 Å². The predicted molar refractivity (Wildman–Crippen MR) is 47.7 cm³/mol. The molecule has 82 valence electrons. The van der Waals surface area contributed by atoms with Crippen LogP contribution in [0.5, 0.6) is 0 Å². The molecule has 0 aromatic heterocycles. The number of carbonyl (C=O) groups excluding carboxylic acids is 1. The maximum Gasteiger partial charge on any atom is 0.510 e. The van der Waals surface area contributed by atoms with Gasteiger partial charge in [-0.3, -0.25) is 0 Å². The molecule has 0 aromatic carbocycles. The summed E-state index contributed by atoms with van der Waals surface area (Å²) in [5.41, 5.74) is 0. The number of hydrogen-bond donors (Lipinski definition) is 1. The van der Waals surface area contributed by atoms with Gasteiger partial charge in [0.1, 0.15) is 6.10 Å². The van der Waals surface area contributed by atoms with Gasteiger partial charge in [0, 0.05) is 6.61 Å². The van der Waals surface area contributed by atoms with Crippen molar-refractivity contribution in [2.75, 3.05) is 13.2 Å². The van der Waals surface area contributed by atoms with Gasteiger partial charge in [-0.2, -0.15) is 0 Å². The lowest BCUT2D eigenvalue weighted by atomic mass is 10.2. The number of hydrogen-bond acceptors (Lipinski definition) is 5. The summed E-state index contributed by atoms with van der Waals surface area (Å²) in [6.45, 7) is 2.79. The van der Waals surface area contributed by atoms with Crippen LogP contribution in [0.1, 0.15) is 26.2 Å². The van der Waals surface area contributed by atoms with E-state index >= 15 is 0 Å². The van der Waals surface area contributed by atoms with Crippen LogP contribution in [0.4, 0.5) is 4.79 Å². The maximum atomic E-state index is 10.9. The Morgan fingerprint density at radius 1 is 1.71 bits per heavy atom. The topological polar surface area (TPSA) is 65.0 Å². The van der Waals surface area contributed by atoms with Gasteiger partial charge in [-0.25, -0.2) is 4.79 Å². The molecule has 0 aromatic rings. The van der Waals surface area contributed by atoms with E-state index in [9.17, 15) is 9.90 Å². The normalized spacial score (nSPS) is 23.1. The lowest BCUT2D eigenvalue weighted by Gasteiger charge is -2.16. The number of aliphatic hydroxyl groups excluding tert-OH is 1. The summed E-state index contributed by atoms with van der Waals surface area (Å²) < 4.78 is 14.4. The SMILES string of the molecule is CCCOC(=O)OC(O)C1CCCO1. The van der Waals surface area contributed by atoms with E-state index in [0.29, 0.717) is 19.6 Å². The van der Waals surface area contributed by atoms with Crippen molar-refractivity contribution in [3.63, 3.8) is 0 Å². The zero-order chi connectivity index (χ0) is 10.4. The molecule has 0 radical (unpaired) electrons. The molecule has 1 aliphatic heterocycles. The Kier molecular flexibility index (Phi) is 4.69. The highest BCUT2D eigenvalue weighted by Gasteiger charge is 2.27. The fraction of sp³-hybridized carbons (Fsp3) is 0.889. The van der Waals surface area contributed by atoms with Gasteiger partial charge in [0.2, 0.25) is 6.29 Å². The van der Waals surface area contributed by atoms with Crippen LogP contribution in [0.3, 0.4) is 0 Å². The minimum atomic E-state index is -1.21. The minimum Gasteiger partial charge on any atom is -0.434 e. The zero-order valence-electron chi connectivity index (χ0n) is 8.27. The first-order valence-electron chi connectivity index (χ1n) is 4.87. The van der Waals surface area contributed by atoms with E-state index in [2.05, 4.69) is 9.47 Å². The van der Waals surface area contributed by atoms with Crippen LogP contribution < -0.4 is 0 Å². The third-order valence-corrected chi connectivity index (χ3v) is 1.92. The van der Waals surface area contributed by atoms with Crippen LogP contribution in [0, 0.1) is 0 Å². The van der Waals surface area contributed by atoms with Crippen molar-refractivity contribution in [1.82, 2.24) is 0 Å². The standard InChI is InChI=1S/C9H16O5/c1-2-5-13-9(11)14-8(10)7-4-3-6-12-7/h7-8,10H,2-6H2,1H3. The largest absolute Gasteiger partial charge is 0.510 e. The minimum absolute atomic E-state index is 0.303. The van der Waals surface area contributed by atoms with Crippen molar-refractivity contribution in [3.8, 4) is 0 Å². The Labute approximate surface area is 82.9 Å². The second-order valence-corrected chi connectivity index (χ2v) is 3.16. The molecule has 0 spiro atoms. The van der Waals surface area contributed by atoms with Crippen molar-refractivity contribution in [2.45, 2.75) is 38.6 Å². The quantitative estimate of drug-likeness (QED) is 0.547. The summed E-state index contributed by atoms with van der Waals surface area (Å²) in [6.07, 6.45) is -0.122. The molecule has 2 unspecified atom stereocenters. The van der Waals surface area contributed by atoms with Crippen LogP contribution in [-0.2, 0) is 14.2 Å². The Morgan fingerprint density at radius 3 is 3.07 bits per heavy atom. The molecular weight excluding hydrogens is 188 g/mol. The van der Waals surface area contributed by atoms with Gasteiger partial charge in [-0.15, -0.1) is 0 Å². The Morgan fingerprint density at radius 2 is 2.50 bits per heavy atom. The molecule has 5 nitrogen and oxygen atoms in total. The fourth-order valence-corrected chi connectivity index (χ4v) is 1.22. The molecular formula is C9H16O5. The second-order valence-electron chi connectivity index (χ2n) is 3.16.